The highest BCUT2D eigenvalue weighted by atomic mass is 35.5. The van der Waals surface area contributed by atoms with Crippen molar-refractivity contribution in [1.82, 2.24) is 0 Å². The zero-order valence-corrected chi connectivity index (χ0v) is 9.71. The van der Waals surface area contributed by atoms with Crippen LogP contribution in [-0.2, 0) is 6.42 Å². The summed E-state index contributed by atoms with van der Waals surface area (Å²) in [5, 5.41) is 0.885. The summed E-state index contributed by atoms with van der Waals surface area (Å²) in [4.78, 5) is 0. The Morgan fingerprint density at radius 3 is 2.67 bits per heavy atom. The third-order valence-corrected chi connectivity index (χ3v) is 3.78. The average molecular weight is 224 g/mol. The van der Waals surface area contributed by atoms with Crippen LogP contribution in [0.25, 0.3) is 0 Å². The molecular formula is C13H18ClN. The van der Waals surface area contributed by atoms with E-state index in [1.165, 1.54) is 31.2 Å². The summed E-state index contributed by atoms with van der Waals surface area (Å²) in [5.41, 5.74) is 7.39. The van der Waals surface area contributed by atoms with Gasteiger partial charge in [-0.25, -0.2) is 0 Å². The smallest absolute Gasteiger partial charge is 0.0438 e. The second-order valence-corrected chi connectivity index (χ2v) is 4.91. The molecule has 1 aliphatic carbocycles. The molecule has 0 aliphatic heterocycles. The molecule has 0 amide bonds. The van der Waals surface area contributed by atoms with Crippen LogP contribution in [0.5, 0.6) is 0 Å². The molecule has 2 unspecified atom stereocenters. The highest BCUT2D eigenvalue weighted by molar-refractivity contribution is 6.31. The Morgan fingerprint density at radius 1 is 1.20 bits per heavy atom. The molecule has 0 bridgehead atoms. The third kappa shape index (κ3) is 2.73. The zero-order chi connectivity index (χ0) is 10.7. The first kappa shape index (κ1) is 11.0. The molecule has 0 heterocycles. The van der Waals surface area contributed by atoms with Gasteiger partial charge in [0.25, 0.3) is 0 Å². The fraction of sp³-hybridized carbons (Fsp3) is 0.538. The van der Waals surface area contributed by atoms with Crippen LogP contribution in [0.2, 0.25) is 5.02 Å². The summed E-state index contributed by atoms with van der Waals surface area (Å²) in [5.74, 6) is 0.624. The van der Waals surface area contributed by atoms with Crippen LogP contribution < -0.4 is 5.73 Å². The Balaban J connectivity index is 2.04. The Hall–Kier alpha value is -0.530. The molecule has 2 atom stereocenters. The number of hydrogen-bond acceptors (Lipinski definition) is 1. The van der Waals surface area contributed by atoms with E-state index in [0.29, 0.717) is 12.0 Å². The second-order valence-electron chi connectivity index (χ2n) is 4.50. The molecule has 0 aromatic heterocycles. The lowest BCUT2D eigenvalue weighted by atomic mass is 9.81. The van der Waals surface area contributed by atoms with Gasteiger partial charge in [0.05, 0.1) is 0 Å². The molecule has 2 N–H and O–H groups in total. The van der Waals surface area contributed by atoms with Crippen molar-refractivity contribution in [2.24, 2.45) is 11.7 Å². The van der Waals surface area contributed by atoms with E-state index in [4.69, 9.17) is 17.3 Å². The summed E-state index contributed by atoms with van der Waals surface area (Å²) in [6, 6.07) is 8.48. The van der Waals surface area contributed by atoms with E-state index in [-0.39, 0.29) is 0 Å². The summed E-state index contributed by atoms with van der Waals surface area (Å²) >= 11 is 6.15. The SMILES string of the molecule is NC1CCCCC1Cc1ccccc1Cl. The summed E-state index contributed by atoms with van der Waals surface area (Å²) in [7, 11) is 0. The van der Waals surface area contributed by atoms with E-state index in [9.17, 15) is 0 Å². The van der Waals surface area contributed by atoms with E-state index in [1.54, 1.807) is 0 Å². The van der Waals surface area contributed by atoms with Gasteiger partial charge < -0.3 is 5.73 Å². The van der Waals surface area contributed by atoms with E-state index >= 15 is 0 Å². The molecule has 0 saturated heterocycles. The molecule has 2 heteroatoms. The quantitative estimate of drug-likeness (QED) is 0.817. The molecule has 1 fully saturated rings. The summed E-state index contributed by atoms with van der Waals surface area (Å²) in [6.07, 6.45) is 6.09. The van der Waals surface area contributed by atoms with Crippen LogP contribution in [0.15, 0.2) is 24.3 Å². The largest absolute Gasteiger partial charge is 0.327 e. The van der Waals surface area contributed by atoms with E-state index in [1.807, 2.05) is 12.1 Å². The maximum absolute atomic E-state index is 6.15. The molecule has 1 aromatic rings. The molecule has 1 aromatic carbocycles. The van der Waals surface area contributed by atoms with Gasteiger partial charge in [-0.05, 0) is 36.8 Å². The van der Waals surface area contributed by atoms with Crippen molar-refractivity contribution >= 4 is 11.6 Å². The van der Waals surface area contributed by atoms with Gasteiger partial charge in [-0.3, -0.25) is 0 Å². The lowest BCUT2D eigenvalue weighted by Crippen LogP contribution is -2.34. The number of hydrogen-bond donors (Lipinski definition) is 1. The fourth-order valence-electron chi connectivity index (χ4n) is 2.44. The lowest BCUT2D eigenvalue weighted by Gasteiger charge is -2.28. The number of halogens is 1. The van der Waals surface area contributed by atoms with Gasteiger partial charge in [0.1, 0.15) is 0 Å². The highest BCUT2D eigenvalue weighted by Crippen LogP contribution is 2.28. The first-order valence-electron chi connectivity index (χ1n) is 5.76. The molecule has 2 rings (SSSR count). The van der Waals surface area contributed by atoms with Crippen LogP contribution in [0.1, 0.15) is 31.2 Å². The predicted octanol–water partition coefficient (Wildman–Crippen LogP) is 3.40. The first-order valence-corrected chi connectivity index (χ1v) is 6.14. The van der Waals surface area contributed by atoms with Crippen molar-refractivity contribution in [3.05, 3.63) is 34.9 Å². The number of benzene rings is 1. The van der Waals surface area contributed by atoms with Gasteiger partial charge in [0.2, 0.25) is 0 Å². The van der Waals surface area contributed by atoms with Gasteiger partial charge >= 0.3 is 0 Å². The fourth-order valence-corrected chi connectivity index (χ4v) is 2.65. The molecule has 1 aliphatic rings. The van der Waals surface area contributed by atoms with Crippen LogP contribution in [0.4, 0.5) is 0 Å². The maximum atomic E-state index is 6.15. The second kappa shape index (κ2) is 5.00. The minimum atomic E-state index is 0.370. The highest BCUT2D eigenvalue weighted by Gasteiger charge is 2.22. The van der Waals surface area contributed by atoms with Crippen molar-refractivity contribution in [2.75, 3.05) is 0 Å². The van der Waals surface area contributed by atoms with Gasteiger partial charge in [0, 0.05) is 11.1 Å². The van der Waals surface area contributed by atoms with Crippen molar-refractivity contribution < 1.29 is 0 Å². The van der Waals surface area contributed by atoms with Gasteiger partial charge in [-0.2, -0.15) is 0 Å². The Kier molecular flexibility index (Phi) is 3.66. The Bertz CT molecular complexity index is 324. The van der Waals surface area contributed by atoms with Gasteiger partial charge in [0.15, 0.2) is 0 Å². The minimum absolute atomic E-state index is 0.370. The van der Waals surface area contributed by atoms with Crippen LogP contribution in [0, 0.1) is 5.92 Å². The first-order chi connectivity index (χ1) is 7.27. The van der Waals surface area contributed by atoms with E-state index in [2.05, 4.69) is 12.1 Å². The number of nitrogens with two attached hydrogens (primary N) is 1. The van der Waals surface area contributed by atoms with Crippen LogP contribution in [-0.4, -0.2) is 6.04 Å². The Labute approximate surface area is 96.6 Å². The summed E-state index contributed by atoms with van der Waals surface area (Å²) < 4.78 is 0. The molecular weight excluding hydrogens is 206 g/mol. The van der Waals surface area contributed by atoms with Gasteiger partial charge in [-0.1, -0.05) is 42.6 Å². The van der Waals surface area contributed by atoms with Crippen molar-refractivity contribution in [3.63, 3.8) is 0 Å². The predicted molar refractivity (Wildman–Crippen MR) is 65.1 cm³/mol. The van der Waals surface area contributed by atoms with Crippen molar-refractivity contribution in [2.45, 2.75) is 38.1 Å². The van der Waals surface area contributed by atoms with E-state index in [0.717, 1.165) is 11.4 Å². The maximum Gasteiger partial charge on any atom is 0.0438 e. The topological polar surface area (TPSA) is 26.0 Å². The molecule has 15 heavy (non-hydrogen) atoms. The molecule has 0 spiro atoms. The normalized spacial score (nSPS) is 26.5. The summed E-state index contributed by atoms with van der Waals surface area (Å²) in [6.45, 7) is 0. The Morgan fingerprint density at radius 2 is 1.93 bits per heavy atom. The van der Waals surface area contributed by atoms with E-state index < -0.39 is 0 Å². The lowest BCUT2D eigenvalue weighted by molar-refractivity contribution is 0.306. The average Bonchev–Trinajstić information content (AvgIpc) is 2.24. The third-order valence-electron chi connectivity index (χ3n) is 3.41. The number of rotatable bonds is 2. The standard InChI is InChI=1S/C13H18ClN/c14-12-7-3-1-5-10(12)9-11-6-2-4-8-13(11)15/h1,3,5,7,11,13H,2,4,6,8-9,15H2. The van der Waals surface area contributed by atoms with Crippen molar-refractivity contribution in [3.8, 4) is 0 Å². The minimum Gasteiger partial charge on any atom is -0.327 e. The van der Waals surface area contributed by atoms with Crippen LogP contribution in [0.3, 0.4) is 0 Å². The molecule has 1 saturated carbocycles. The molecule has 0 radical (unpaired) electrons. The molecule has 82 valence electrons. The zero-order valence-electron chi connectivity index (χ0n) is 8.95. The monoisotopic (exact) mass is 223 g/mol. The van der Waals surface area contributed by atoms with Crippen molar-refractivity contribution in [1.29, 1.82) is 0 Å². The van der Waals surface area contributed by atoms with Crippen LogP contribution >= 0.6 is 11.6 Å². The molecule has 1 nitrogen and oxygen atoms in total. The van der Waals surface area contributed by atoms with Gasteiger partial charge in [-0.15, -0.1) is 0 Å².